The van der Waals surface area contributed by atoms with Gasteiger partial charge in [0.05, 0.1) is 6.61 Å². The number of anilines is 1. The molecule has 0 radical (unpaired) electrons. The van der Waals surface area contributed by atoms with Gasteiger partial charge in [-0.3, -0.25) is 9.59 Å². The molecule has 0 saturated carbocycles. The largest absolute Gasteiger partial charge is 0.493 e. The Labute approximate surface area is 166 Å². The highest BCUT2D eigenvalue weighted by molar-refractivity contribution is 5.94. The second-order valence-electron chi connectivity index (χ2n) is 6.76. The number of aryl methyl sites for hydroxylation is 1. The fourth-order valence-electron chi connectivity index (χ4n) is 2.61. The van der Waals surface area contributed by atoms with E-state index in [0.29, 0.717) is 38.1 Å². The Balaban J connectivity index is 1.58. The number of ether oxygens (including phenoxy) is 1. The number of amides is 2. The Morgan fingerprint density at radius 2 is 1.64 bits per heavy atom. The summed E-state index contributed by atoms with van der Waals surface area (Å²) < 4.78 is 5.68. The van der Waals surface area contributed by atoms with Crippen LogP contribution in [0.25, 0.3) is 0 Å². The predicted octanol–water partition coefficient (Wildman–Crippen LogP) is 2.77. The Morgan fingerprint density at radius 3 is 2.32 bits per heavy atom. The minimum absolute atomic E-state index is 0.0435. The van der Waals surface area contributed by atoms with Crippen molar-refractivity contribution in [3.8, 4) is 5.75 Å². The maximum atomic E-state index is 12.1. The van der Waals surface area contributed by atoms with Gasteiger partial charge >= 0.3 is 0 Å². The Kier molecular flexibility index (Phi) is 8.34. The van der Waals surface area contributed by atoms with Crippen molar-refractivity contribution < 1.29 is 14.3 Å². The molecule has 150 valence electrons. The molecule has 0 aliphatic heterocycles. The van der Waals surface area contributed by atoms with Crippen LogP contribution in [0, 0.1) is 6.92 Å². The molecule has 0 atom stereocenters. The molecule has 0 heterocycles. The summed E-state index contributed by atoms with van der Waals surface area (Å²) in [4.78, 5) is 25.9. The second-order valence-corrected chi connectivity index (χ2v) is 6.76. The van der Waals surface area contributed by atoms with Gasteiger partial charge < -0.3 is 20.3 Å². The molecule has 0 aliphatic rings. The summed E-state index contributed by atoms with van der Waals surface area (Å²) >= 11 is 0. The molecule has 2 aromatic carbocycles. The number of benzene rings is 2. The van der Waals surface area contributed by atoms with Gasteiger partial charge in [-0.05, 0) is 49.2 Å². The maximum Gasteiger partial charge on any atom is 0.251 e. The topological polar surface area (TPSA) is 70.7 Å². The third-order valence-corrected chi connectivity index (χ3v) is 4.28. The van der Waals surface area contributed by atoms with Crippen molar-refractivity contribution in [2.45, 2.75) is 19.8 Å². The molecule has 2 N–H and O–H groups in total. The zero-order chi connectivity index (χ0) is 20.4. The predicted molar refractivity (Wildman–Crippen MR) is 112 cm³/mol. The zero-order valence-electron chi connectivity index (χ0n) is 16.8. The molecular formula is C22H29N3O3. The lowest BCUT2D eigenvalue weighted by Gasteiger charge is -2.12. The van der Waals surface area contributed by atoms with Gasteiger partial charge in [0.1, 0.15) is 5.75 Å². The average Bonchev–Trinajstić information content (AvgIpc) is 2.69. The number of hydrogen-bond acceptors (Lipinski definition) is 4. The fraction of sp³-hybridized carbons (Fsp3) is 0.364. The van der Waals surface area contributed by atoms with Crippen molar-refractivity contribution in [2.24, 2.45) is 0 Å². The molecule has 6 nitrogen and oxygen atoms in total. The Bertz CT molecular complexity index is 773. The lowest BCUT2D eigenvalue weighted by molar-refractivity contribution is -0.121. The van der Waals surface area contributed by atoms with E-state index in [2.05, 4.69) is 10.6 Å². The van der Waals surface area contributed by atoms with Crippen LogP contribution in [0.15, 0.2) is 48.5 Å². The van der Waals surface area contributed by atoms with E-state index in [-0.39, 0.29) is 11.8 Å². The van der Waals surface area contributed by atoms with Crippen molar-refractivity contribution in [2.75, 3.05) is 38.7 Å². The molecule has 0 unspecified atom stereocenters. The quantitative estimate of drug-likeness (QED) is 0.619. The van der Waals surface area contributed by atoms with Crippen LogP contribution in [0.3, 0.4) is 0 Å². The summed E-state index contributed by atoms with van der Waals surface area (Å²) in [6, 6.07) is 15.2. The van der Waals surface area contributed by atoms with E-state index in [9.17, 15) is 9.59 Å². The van der Waals surface area contributed by atoms with Crippen LogP contribution in [0.4, 0.5) is 5.69 Å². The average molecular weight is 383 g/mol. The van der Waals surface area contributed by atoms with Gasteiger partial charge in [0.2, 0.25) is 5.91 Å². The van der Waals surface area contributed by atoms with Crippen molar-refractivity contribution in [1.82, 2.24) is 10.6 Å². The van der Waals surface area contributed by atoms with Crippen LogP contribution in [0.5, 0.6) is 5.75 Å². The minimum atomic E-state index is -0.147. The van der Waals surface area contributed by atoms with E-state index in [1.807, 2.05) is 62.3 Å². The van der Waals surface area contributed by atoms with Gasteiger partial charge in [-0.2, -0.15) is 0 Å². The van der Waals surface area contributed by atoms with Crippen molar-refractivity contribution in [3.05, 3.63) is 59.7 Å². The standard InChI is InChI=1S/C22H29N3O3/c1-17-7-4-5-8-20(17)28-16-6-9-21(26)23-14-15-24-22(27)18-10-12-19(13-11-18)25(2)3/h4-5,7-8,10-13H,6,9,14-16H2,1-3H3,(H,23,26)(H,24,27). The first kappa shape index (κ1) is 21.3. The normalized spacial score (nSPS) is 10.2. The summed E-state index contributed by atoms with van der Waals surface area (Å²) in [5.41, 5.74) is 2.72. The van der Waals surface area contributed by atoms with Gasteiger partial charge in [0.15, 0.2) is 0 Å². The second kappa shape index (κ2) is 11.0. The number of rotatable bonds is 10. The highest BCUT2D eigenvalue weighted by atomic mass is 16.5. The van der Waals surface area contributed by atoms with Crippen LogP contribution in [0.1, 0.15) is 28.8 Å². The minimum Gasteiger partial charge on any atom is -0.493 e. The number of nitrogens with one attached hydrogen (secondary N) is 2. The van der Waals surface area contributed by atoms with Crippen molar-refractivity contribution >= 4 is 17.5 Å². The summed E-state index contributed by atoms with van der Waals surface area (Å²) in [6.07, 6.45) is 1.04. The summed E-state index contributed by atoms with van der Waals surface area (Å²) in [7, 11) is 3.90. The van der Waals surface area contributed by atoms with Gasteiger partial charge in [-0.1, -0.05) is 18.2 Å². The number of carbonyl (C=O) groups excluding carboxylic acids is 2. The molecule has 6 heteroatoms. The van der Waals surface area contributed by atoms with Gasteiger partial charge in [-0.15, -0.1) is 0 Å². The monoisotopic (exact) mass is 383 g/mol. The summed E-state index contributed by atoms with van der Waals surface area (Å²) in [5, 5.41) is 5.61. The molecule has 0 bridgehead atoms. The molecule has 0 aliphatic carbocycles. The van der Waals surface area contributed by atoms with Crippen LogP contribution in [-0.4, -0.2) is 45.6 Å². The van der Waals surface area contributed by atoms with Crippen LogP contribution in [-0.2, 0) is 4.79 Å². The highest BCUT2D eigenvalue weighted by Crippen LogP contribution is 2.16. The van der Waals surface area contributed by atoms with E-state index < -0.39 is 0 Å². The zero-order valence-corrected chi connectivity index (χ0v) is 16.8. The molecule has 0 aromatic heterocycles. The fourth-order valence-corrected chi connectivity index (χ4v) is 2.61. The SMILES string of the molecule is Cc1ccccc1OCCCC(=O)NCCNC(=O)c1ccc(N(C)C)cc1. The molecule has 2 amide bonds. The van der Waals surface area contributed by atoms with E-state index in [0.717, 1.165) is 17.0 Å². The van der Waals surface area contributed by atoms with Crippen LogP contribution >= 0.6 is 0 Å². The first-order valence-electron chi connectivity index (χ1n) is 9.48. The molecule has 0 saturated heterocycles. The van der Waals surface area contributed by atoms with Gasteiger partial charge in [0.25, 0.3) is 5.91 Å². The number of hydrogen-bond donors (Lipinski definition) is 2. The molecular weight excluding hydrogens is 354 g/mol. The third kappa shape index (κ3) is 6.95. The molecule has 2 aromatic rings. The van der Waals surface area contributed by atoms with E-state index >= 15 is 0 Å². The molecule has 0 fully saturated rings. The number of para-hydroxylation sites is 1. The van der Waals surface area contributed by atoms with Crippen molar-refractivity contribution in [1.29, 1.82) is 0 Å². The van der Waals surface area contributed by atoms with Gasteiger partial charge in [0, 0.05) is 44.9 Å². The Hall–Kier alpha value is -3.02. The molecule has 2 rings (SSSR count). The van der Waals surface area contributed by atoms with Crippen LogP contribution < -0.4 is 20.3 Å². The first-order chi connectivity index (χ1) is 13.5. The summed E-state index contributed by atoms with van der Waals surface area (Å²) in [5.74, 6) is 0.661. The lowest BCUT2D eigenvalue weighted by atomic mass is 10.2. The number of carbonyl (C=O) groups is 2. The maximum absolute atomic E-state index is 12.1. The lowest BCUT2D eigenvalue weighted by Crippen LogP contribution is -2.34. The van der Waals surface area contributed by atoms with Gasteiger partial charge in [-0.25, -0.2) is 0 Å². The Morgan fingerprint density at radius 1 is 0.964 bits per heavy atom. The smallest absolute Gasteiger partial charge is 0.251 e. The van der Waals surface area contributed by atoms with Crippen LogP contribution in [0.2, 0.25) is 0 Å². The van der Waals surface area contributed by atoms with E-state index in [1.54, 1.807) is 12.1 Å². The van der Waals surface area contributed by atoms with E-state index in [1.165, 1.54) is 0 Å². The van der Waals surface area contributed by atoms with Crippen molar-refractivity contribution in [3.63, 3.8) is 0 Å². The van der Waals surface area contributed by atoms with E-state index in [4.69, 9.17) is 4.74 Å². The third-order valence-electron chi connectivity index (χ3n) is 4.28. The molecule has 28 heavy (non-hydrogen) atoms. The first-order valence-corrected chi connectivity index (χ1v) is 9.48. The molecule has 0 spiro atoms. The number of nitrogens with zero attached hydrogens (tertiary/aromatic N) is 1. The summed E-state index contributed by atoms with van der Waals surface area (Å²) in [6.45, 7) is 3.28. The highest BCUT2D eigenvalue weighted by Gasteiger charge is 2.06.